The molecule has 1 fully saturated rings. The highest BCUT2D eigenvalue weighted by molar-refractivity contribution is 6.34. The summed E-state index contributed by atoms with van der Waals surface area (Å²) in [6.07, 6.45) is 4.77. The van der Waals surface area contributed by atoms with Gasteiger partial charge in [-0.3, -0.25) is 9.59 Å². The van der Waals surface area contributed by atoms with Crippen molar-refractivity contribution in [2.75, 3.05) is 6.54 Å². The zero-order valence-electron chi connectivity index (χ0n) is 7.01. The topological polar surface area (TPSA) is 72.2 Å². The number of hydrogen-bond donors (Lipinski definition) is 2. The van der Waals surface area contributed by atoms with Crippen molar-refractivity contribution in [2.24, 2.45) is 11.7 Å². The van der Waals surface area contributed by atoms with E-state index in [2.05, 4.69) is 5.32 Å². The predicted octanol–water partition coefficient (Wildman–Crippen LogP) is -0.222. The Morgan fingerprint density at radius 1 is 1.33 bits per heavy atom. The van der Waals surface area contributed by atoms with Gasteiger partial charge in [-0.1, -0.05) is 12.8 Å². The van der Waals surface area contributed by atoms with Gasteiger partial charge in [0, 0.05) is 6.54 Å². The molecule has 1 saturated carbocycles. The van der Waals surface area contributed by atoms with Gasteiger partial charge in [0.25, 0.3) is 0 Å². The Morgan fingerprint density at radius 2 is 1.92 bits per heavy atom. The van der Waals surface area contributed by atoms with Crippen molar-refractivity contribution in [1.29, 1.82) is 0 Å². The van der Waals surface area contributed by atoms with Crippen LogP contribution in [0.5, 0.6) is 0 Å². The van der Waals surface area contributed by atoms with E-state index in [1.807, 2.05) is 0 Å². The minimum Gasteiger partial charge on any atom is -0.361 e. The number of carbonyl (C=O) groups is 2. The SMILES string of the molecule is NC(=O)C(=O)NCC1CCCC1. The number of rotatable bonds is 2. The molecule has 0 bridgehead atoms. The van der Waals surface area contributed by atoms with E-state index >= 15 is 0 Å². The minimum atomic E-state index is -0.895. The van der Waals surface area contributed by atoms with Gasteiger partial charge in [-0.2, -0.15) is 0 Å². The highest BCUT2D eigenvalue weighted by atomic mass is 16.2. The number of amides is 2. The highest BCUT2D eigenvalue weighted by Gasteiger charge is 2.16. The second-order valence-electron chi connectivity index (χ2n) is 3.22. The summed E-state index contributed by atoms with van der Waals surface area (Å²) in [5.41, 5.74) is 4.77. The molecule has 0 radical (unpaired) electrons. The van der Waals surface area contributed by atoms with Gasteiger partial charge in [0.05, 0.1) is 0 Å². The van der Waals surface area contributed by atoms with E-state index < -0.39 is 11.8 Å². The van der Waals surface area contributed by atoms with Crippen LogP contribution in [0.4, 0.5) is 0 Å². The van der Waals surface area contributed by atoms with Crippen LogP contribution in [0.25, 0.3) is 0 Å². The first kappa shape index (κ1) is 9.03. The van der Waals surface area contributed by atoms with Crippen molar-refractivity contribution in [1.82, 2.24) is 5.32 Å². The van der Waals surface area contributed by atoms with E-state index in [-0.39, 0.29) is 0 Å². The summed E-state index contributed by atoms with van der Waals surface area (Å²) in [7, 11) is 0. The van der Waals surface area contributed by atoms with E-state index in [9.17, 15) is 9.59 Å². The lowest BCUT2D eigenvalue weighted by molar-refractivity contribution is -0.137. The van der Waals surface area contributed by atoms with Gasteiger partial charge in [0.1, 0.15) is 0 Å². The number of primary amides is 1. The molecule has 0 saturated heterocycles. The summed E-state index contributed by atoms with van der Waals surface area (Å²) in [6.45, 7) is 0.599. The standard InChI is InChI=1S/C8H14N2O2/c9-7(11)8(12)10-5-6-3-1-2-4-6/h6H,1-5H2,(H2,9,11)(H,10,12). The molecule has 0 aliphatic heterocycles. The molecule has 4 nitrogen and oxygen atoms in total. The molecule has 1 aliphatic rings. The Balaban J connectivity index is 2.16. The van der Waals surface area contributed by atoms with Gasteiger partial charge >= 0.3 is 11.8 Å². The third-order valence-corrected chi connectivity index (χ3v) is 2.25. The molecule has 0 aromatic carbocycles. The fourth-order valence-electron chi connectivity index (χ4n) is 1.54. The van der Waals surface area contributed by atoms with E-state index in [1.54, 1.807) is 0 Å². The number of nitrogens with one attached hydrogen (secondary N) is 1. The van der Waals surface area contributed by atoms with Crippen LogP contribution >= 0.6 is 0 Å². The fraction of sp³-hybridized carbons (Fsp3) is 0.750. The first-order valence-corrected chi connectivity index (χ1v) is 4.28. The molecule has 1 rings (SSSR count). The first-order chi connectivity index (χ1) is 5.70. The Kier molecular flexibility index (Phi) is 3.08. The van der Waals surface area contributed by atoms with Crippen LogP contribution in [0.3, 0.4) is 0 Å². The third-order valence-electron chi connectivity index (χ3n) is 2.25. The monoisotopic (exact) mass is 170 g/mol. The predicted molar refractivity (Wildman–Crippen MR) is 44.2 cm³/mol. The van der Waals surface area contributed by atoms with Crippen molar-refractivity contribution in [3.05, 3.63) is 0 Å². The van der Waals surface area contributed by atoms with Gasteiger partial charge < -0.3 is 11.1 Å². The van der Waals surface area contributed by atoms with Crippen LogP contribution in [-0.4, -0.2) is 18.4 Å². The second-order valence-corrected chi connectivity index (χ2v) is 3.22. The average Bonchev–Trinajstić information content (AvgIpc) is 2.51. The van der Waals surface area contributed by atoms with E-state index in [0.29, 0.717) is 12.5 Å². The maximum absolute atomic E-state index is 10.7. The number of nitrogens with two attached hydrogens (primary N) is 1. The van der Waals surface area contributed by atoms with Crippen LogP contribution in [0.15, 0.2) is 0 Å². The van der Waals surface area contributed by atoms with Crippen LogP contribution in [-0.2, 0) is 9.59 Å². The molecule has 0 heterocycles. The Morgan fingerprint density at radius 3 is 2.42 bits per heavy atom. The molecule has 12 heavy (non-hydrogen) atoms. The zero-order chi connectivity index (χ0) is 8.97. The molecule has 0 aromatic heterocycles. The molecule has 0 atom stereocenters. The minimum absolute atomic E-state index is 0.549. The molecule has 68 valence electrons. The van der Waals surface area contributed by atoms with Crippen LogP contribution in [0.2, 0.25) is 0 Å². The summed E-state index contributed by atoms with van der Waals surface area (Å²) in [5.74, 6) is -1.01. The van der Waals surface area contributed by atoms with E-state index in [0.717, 1.165) is 12.8 Å². The Hall–Kier alpha value is -1.06. The van der Waals surface area contributed by atoms with Gasteiger partial charge in [-0.05, 0) is 18.8 Å². The summed E-state index contributed by atoms with van der Waals surface area (Å²) in [5, 5.41) is 2.51. The van der Waals surface area contributed by atoms with Crippen molar-refractivity contribution >= 4 is 11.8 Å². The maximum Gasteiger partial charge on any atom is 0.309 e. The molecule has 1 aliphatic carbocycles. The van der Waals surface area contributed by atoms with Crippen molar-refractivity contribution in [3.63, 3.8) is 0 Å². The highest BCUT2D eigenvalue weighted by Crippen LogP contribution is 2.23. The number of hydrogen-bond acceptors (Lipinski definition) is 2. The van der Waals surface area contributed by atoms with Gasteiger partial charge in [0.15, 0.2) is 0 Å². The van der Waals surface area contributed by atoms with Crippen LogP contribution in [0.1, 0.15) is 25.7 Å². The summed E-state index contributed by atoms with van der Waals surface area (Å²) < 4.78 is 0. The van der Waals surface area contributed by atoms with Crippen molar-refractivity contribution in [3.8, 4) is 0 Å². The molecule has 0 unspecified atom stereocenters. The normalized spacial score (nSPS) is 17.7. The lowest BCUT2D eigenvalue weighted by atomic mass is 10.1. The van der Waals surface area contributed by atoms with Gasteiger partial charge in [-0.15, -0.1) is 0 Å². The third kappa shape index (κ3) is 2.53. The van der Waals surface area contributed by atoms with Crippen LogP contribution in [0, 0.1) is 5.92 Å². The molecular formula is C8H14N2O2. The second kappa shape index (κ2) is 4.09. The molecule has 3 N–H and O–H groups in total. The van der Waals surface area contributed by atoms with Crippen LogP contribution < -0.4 is 11.1 Å². The lowest BCUT2D eigenvalue weighted by Crippen LogP contribution is -2.38. The smallest absolute Gasteiger partial charge is 0.309 e. The molecule has 4 heteroatoms. The molecule has 0 aromatic rings. The lowest BCUT2D eigenvalue weighted by Gasteiger charge is -2.08. The molecule has 2 amide bonds. The van der Waals surface area contributed by atoms with Gasteiger partial charge in [0.2, 0.25) is 0 Å². The van der Waals surface area contributed by atoms with E-state index in [1.165, 1.54) is 12.8 Å². The zero-order valence-corrected chi connectivity index (χ0v) is 7.01. The van der Waals surface area contributed by atoms with Crippen molar-refractivity contribution < 1.29 is 9.59 Å². The van der Waals surface area contributed by atoms with Crippen molar-refractivity contribution in [2.45, 2.75) is 25.7 Å². The Labute approximate surface area is 71.5 Å². The molecular weight excluding hydrogens is 156 g/mol. The average molecular weight is 170 g/mol. The summed E-state index contributed by atoms with van der Waals surface area (Å²) >= 11 is 0. The fourth-order valence-corrected chi connectivity index (χ4v) is 1.54. The summed E-state index contributed by atoms with van der Waals surface area (Å²) in [6, 6.07) is 0. The van der Waals surface area contributed by atoms with Gasteiger partial charge in [-0.25, -0.2) is 0 Å². The first-order valence-electron chi connectivity index (χ1n) is 4.28. The quantitative estimate of drug-likeness (QED) is 0.562. The summed E-state index contributed by atoms with van der Waals surface area (Å²) in [4.78, 5) is 21.0. The van der Waals surface area contributed by atoms with E-state index in [4.69, 9.17) is 5.73 Å². The maximum atomic E-state index is 10.7. The number of carbonyl (C=O) groups excluding carboxylic acids is 2. The Bertz CT molecular complexity index is 185. The largest absolute Gasteiger partial charge is 0.361 e. The molecule has 0 spiro atoms.